The van der Waals surface area contributed by atoms with E-state index in [0.717, 1.165) is 23.2 Å². The molecule has 5 nitrogen and oxygen atoms in total. The Morgan fingerprint density at radius 2 is 2.00 bits per heavy atom. The zero-order valence-corrected chi connectivity index (χ0v) is 12.0. The van der Waals surface area contributed by atoms with E-state index in [0.29, 0.717) is 37.1 Å². The third-order valence-electron chi connectivity index (χ3n) is 3.25. The summed E-state index contributed by atoms with van der Waals surface area (Å²) in [5.41, 5.74) is 0.724. The maximum Gasteiger partial charge on any atom is 0.224 e. The minimum Gasteiger partial charge on any atom is -0.486 e. The maximum absolute atomic E-state index is 11.9. The van der Waals surface area contributed by atoms with Gasteiger partial charge in [0.2, 0.25) is 5.91 Å². The van der Waals surface area contributed by atoms with Crippen LogP contribution < -0.4 is 20.1 Å². The maximum atomic E-state index is 11.9. The number of rotatable bonds is 3. The Balaban J connectivity index is 1.71. The number of anilines is 1. The number of hydrogen-bond donors (Lipinski definition) is 2. The van der Waals surface area contributed by atoms with Crippen molar-refractivity contribution >= 4 is 27.5 Å². The molecule has 19 heavy (non-hydrogen) atoms. The van der Waals surface area contributed by atoms with Crippen molar-refractivity contribution in [2.75, 3.05) is 31.6 Å². The van der Waals surface area contributed by atoms with E-state index in [1.165, 1.54) is 0 Å². The van der Waals surface area contributed by atoms with Gasteiger partial charge in [-0.25, -0.2) is 0 Å². The van der Waals surface area contributed by atoms with Crippen LogP contribution in [0.2, 0.25) is 0 Å². The third-order valence-corrected chi connectivity index (χ3v) is 3.90. The van der Waals surface area contributed by atoms with Gasteiger partial charge in [0.1, 0.15) is 13.2 Å². The predicted octanol–water partition coefficient (Wildman–Crippen LogP) is 1.77. The number of carbonyl (C=O) groups excluding carboxylic acids is 1. The lowest BCUT2D eigenvalue weighted by Gasteiger charge is -2.26. The average molecular weight is 327 g/mol. The van der Waals surface area contributed by atoms with E-state index >= 15 is 0 Å². The summed E-state index contributed by atoms with van der Waals surface area (Å²) in [5, 5.41) is 6.07. The molecule has 1 aromatic rings. The van der Waals surface area contributed by atoms with Gasteiger partial charge in [0, 0.05) is 23.0 Å². The minimum absolute atomic E-state index is 0.0314. The molecule has 0 aliphatic carbocycles. The fourth-order valence-electron chi connectivity index (χ4n) is 2.12. The zero-order valence-electron chi connectivity index (χ0n) is 10.4. The molecule has 0 spiro atoms. The molecule has 0 aromatic heterocycles. The van der Waals surface area contributed by atoms with Crippen LogP contribution in [-0.2, 0) is 4.79 Å². The highest BCUT2D eigenvalue weighted by Crippen LogP contribution is 2.38. The van der Waals surface area contributed by atoms with Crippen molar-refractivity contribution in [3.63, 3.8) is 0 Å². The molecular weight excluding hydrogens is 312 g/mol. The first kappa shape index (κ1) is 12.7. The fraction of sp³-hybridized carbons (Fsp3) is 0.462. The molecule has 0 bridgehead atoms. The number of halogens is 1. The largest absolute Gasteiger partial charge is 0.486 e. The van der Waals surface area contributed by atoms with Crippen LogP contribution in [0.4, 0.5) is 5.69 Å². The second-order valence-corrected chi connectivity index (χ2v) is 5.61. The first-order valence-electron chi connectivity index (χ1n) is 6.32. The van der Waals surface area contributed by atoms with Crippen LogP contribution in [0.5, 0.6) is 11.5 Å². The molecule has 2 N–H and O–H groups in total. The van der Waals surface area contributed by atoms with Crippen LogP contribution in [0.25, 0.3) is 0 Å². The Hall–Kier alpha value is -1.27. The van der Waals surface area contributed by atoms with Gasteiger partial charge >= 0.3 is 0 Å². The predicted molar refractivity (Wildman–Crippen MR) is 74.7 cm³/mol. The molecule has 2 aliphatic rings. The van der Waals surface area contributed by atoms with Crippen molar-refractivity contribution in [2.24, 2.45) is 5.92 Å². The van der Waals surface area contributed by atoms with Crippen molar-refractivity contribution in [3.05, 3.63) is 16.6 Å². The van der Waals surface area contributed by atoms with Gasteiger partial charge in [-0.3, -0.25) is 4.79 Å². The first-order chi connectivity index (χ1) is 9.22. The summed E-state index contributed by atoms with van der Waals surface area (Å²) in [6, 6.07) is 3.63. The van der Waals surface area contributed by atoms with Crippen molar-refractivity contribution in [3.8, 4) is 11.5 Å². The molecule has 0 atom stereocenters. The average Bonchev–Trinajstić information content (AvgIpc) is 2.35. The summed E-state index contributed by atoms with van der Waals surface area (Å²) in [4.78, 5) is 11.9. The highest BCUT2D eigenvalue weighted by atomic mass is 79.9. The number of nitrogens with one attached hydrogen (secondary N) is 2. The molecule has 1 aromatic carbocycles. The molecular formula is C13H15BrN2O3. The summed E-state index contributed by atoms with van der Waals surface area (Å²) in [5.74, 6) is 1.87. The lowest BCUT2D eigenvalue weighted by molar-refractivity contribution is -0.117. The van der Waals surface area contributed by atoms with Gasteiger partial charge < -0.3 is 20.1 Å². The Kier molecular flexibility index (Phi) is 3.61. The number of hydrogen-bond acceptors (Lipinski definition) is 4. The van der Waals surface area contributed by atoms with Crippen LogP contribution in [0.1, 0.15) is 6.42 Å². The molecule has 3 rings (SSSR count). The van der Waals surface area contributed by atoms with Gasteiger partial charge in [0.05, 0.1) is 5.69 Å². The van der Waals surface area contributed by atoms with Crippen molar-refractivity contribution in [1.82, 2.24) is 5.32 Å². The van der Waals surface area contributed by atoms with E-state index < -0.39 is 0 Å². The lowest BCUT2D eigenvalue weighted by atomic mass is 9.99. The summed E-state index contributed by atoms with van der Waals surface area (Å²) in [6.07, 6.45) is 0.549. The fourth-order valence-corrected chi connectivity index (χ4v) is 2.54. The molecule has 1 amide bonds. The normalized spacial score (nSPS) is 17.7. The second-order valence-electron chi connectivity index (χ2n) is 4.75. The van der Waals surface area contributed by atoms with Gasteiger partial charge in [-0.05, 0) is 34.9 Å². The molecule has 2 heterocycles. The van der Waals surface area contributed by atoms with Crippen LogP contribution in [0, 0.1) is 5.92 Å². The topological polar surface area (TPSA) is 59.6 Å². The summed E-state index contributed by atoms with van der Waals surface area (Å²) in [6.45, 7) is 2.95. The minimum atomic E-state index is 0.0314. The molecule has 1 saturated heterocycles. The number of benzene rings is 1. The van der Waals surface area contributed by atoms with Crippen molar-refractivity contribution < 1.29 is 14.3 Å². The molecule has 0 saturated carbocycles. The van der Waals surface area contributed by atoms with E-state index in [1.54, 1.807) is 6.07 Å². The smallest absolute Gasteiger partial charge is 0.224 e. The number of ether oxygens (including phenoxy) is 2. The summed E-state index contributed by atoms with van der Waals surface area (Å²) < 4.78 is 11.8. The standard InChI is InChI=1S/C13H15BrN2O3/c14-9-4-11-12(19-2-1-18-11)5-10(9)16-13(17)3-8-6-15-7-8/h4-5,8,15H,1-3,6-7H2,(H,16,17). The number of fused-ring (bicyclic) bond motifs is 1. The molecule has 2 aliphatic heterocycles. The highest BCUT2D eigenvalue weighted by molar-refractivity contribution is 9.10. The molecule has 0 radical (unpaired) electrons. The van der Waals surface area contributed by atoms with Crippen LogP contribution in [-0.4, -0.2) is 32.2 Å². The van der Waals surface area contributed by atoms with Gasteiger partial charge in [-0.2, -0.15) is 0 Å². The van der Waals surface area contributed by atoms with E-state index in [1.807, 2.05) is 6.07 Å². The zero-order chi connectivity index (χ0) is 13.2. The molecule has 102 valence electrons. The Labute approximate surface area is 119 Å². The Morgan fingerprint density at radius 3 is 2.63 bits per heavy atom. The van der Waals surface area contributed by atoms with E-state index in [-0.39, 0.29) is 5.91 Å². The van der Waals surface area contributed by atoms with E-state index in [9.17, 15) is 4.79 Å². The SMILES string of the molecule is O=C(CC1CNC1)Nc1cc2c(cc1Br)OCCO2. The van der Waals surface area contributed by atoms with Crippen LogP contribution >= 0.6 is 15.9 Å². The van der Waals surface area contributed by atoms with Gasteiger partial charge in [0.25, 0.3) is 0 Å². The Morgan fingerprint density at radius 1 is 1.32 bits per heavy atom. The number of carbonyl (C=O) groups is 1. The van der Waals surface area contributed by atoms with Crippen LogP contribution in [0.15, 0.2) is 16.6 Å². The van der Waals surface area contributed by atoms with E-state index in [2.05, 4.69) is 26.6 Å². The van der Waals surface area contributed by atoms with Crippen molar-refractivity contribution in [1.29, 1.82) is 0 Å². The monoisotopic (exact) mass is 326 g/mol. The first-order valence-corrected chi connectivity index (χ1v) is 7.11. The summed E-state index contributed by atoms with van der Waals surface area (Å²) >= 11 is 3.44. The van der Waals surface area contributed by atoms with Gasteiger partial charge in [-0.1, -0.05) is 0 Å². The highest BCUT2D eigenvalue weighted by Gasteiger charge is 2.21. The van der Waals surface area contributed by atoms with E-state index in [4.69, 9.17) is 9.47 Å². The second kappa shape index (κ2) is 5.38. The van der Waals surface area contributed by atoms with Crippen LogP contribution in [0.3, 0.4) is 0 Å². The molecule has 1 fully saturated rings. The van der Waals surface area contributed by atoms with Crippen molar-refractivity contribution in [2.45, 2.75) is 6.42 Å². The quantitative estimate of drug-likeness (QED) is 0.888. The number of amides is 1. The van der Waals surface area contributed by atoms with Gasteiger partial charge in [0.15, 0.2) is 11.5 Å². The molecule has 0 unspecified atom stereocenters. The summed E-state index contributed by atoms with van der Waals surface area (Å²) in [7, 11) is 0. The Bertz CT molecular complexity index is 503. The van der Waals surface area contributed by atoms with Gasteiger partial charge in [-0.15, -0.1) is 0 Å². The molecule has 6 heteroatoms. The third kappa shape index (κ3) is 2.84. The lowest BCUT2D eigenvalue weighted by Crippen LogP contribution is -2.43.